The Morgan fingerprint density at radius 3 is 2.08 bits per heavy atom. The summed E-state index contributed by atoms with van der Waals surface area (Å²) in [6, 6.07) is 9.98. The summed E-state index contributed by atoms with van der Waals surface area (Å²) in [6.07, 6.45) is -3.91. The Balaban J connectivity index is 2.29. The topological polar surface area (TPSA) is 52.3 Å². The molecule has 0 amide bonds. The van der Waals surface area contributed by atoms with Crippen LogP contribution in [0.25, 0.3) is 0 Å². The molecule has 2 aromatic carbocycles. The molecule has 3 nitrogen and oxygen atoms in total. The molecule has 2 N–H and O–H groups in total. The molecule has 8 heteroatoms. The van der Waals surface area contributed by atoms with Crippen LogP contribution < -0.4 is 10.5 Å². The number of hydrogen-bond donors (Lipinski definition) is 1. The number of hydrogen-bond acceptors (Lipinski definition) is 3. The van der Waals surface area contributed by atoms with Gasteiger partial charge >= 0.3 is 6.18 Å². The molecule has 0 aromatic heterocycles. The van der Waals surface area contributed by atoms with E-state index in [4.69, 9.17) is 28.9 Å². The molecule has 0 radical (unpaired) electrons. The van der Waals surface area contributed by atoms with Crippen molar-refractivity contribution in [3.05, 3.63) is 63.6 Å². The molecule has 0 saturated heterocycles. The second kappa shape index (κ2) is 7.01. The lowest BCUT2D eigenvalue weighted by molar-refractivity contribution is -0.153. The fourth-order valence-electron chi connectivity index (χ4n) is 2.05. The molecular formula is C16H12Cl2F3NO2. The third kappa shape index (κ3) is 4.20. The molecule has 1 unspecified atom stereocenters. The summed E-state index contributed by atoms with van der Waals surface area (Å²) < 4.78 is 41.0. The Hall–Kier alpha value is -1.76. The van der Waals surface area contributed by atoms with Gasteiger partial charge in [0.1, 0.15) is 17.6 Å². The lowest BCUT2D eigenvalue weighted by Gasteiger charge is -2.25. The first kappa shape index (κ1) is 18.6. The van der Waals surface area contributed by atoms with Crippen LogP contribution in [0.2, 0.25) is 10.0 Å². The summed E-state index contributed by atoms with van der Waals surface area (Å²) in [5.41, 5.74) is 5.41. The molecule has 0 heterocycles. The van der Waals surface area contributed by atoms with Gasteiger partial charge in [0.15, 0.2) is 6.61 Å². The lowest BCUT2D eigenvalue weighted by Crippen LogP contribution is -2.39. The molecule has 2 rings (SSSR count). The highest BCUT2D eigenvalue weighted by atomic mass is 35.5. The van der Waals surface area contributed by atoms with Crippen LogP contribution >= 0.6 is 23.2 Å². The van der Waals surface area contributed by atoms with Crippen LogP contribution in [0, 0.1) is 0 Å². The maximum absolute atomic E-state index is 12.1. The second-order valence-electron chi connectivity index (χ2n) is 5.04. The van der Waals surface area contributed by atoms with E-state index in [0.717, 1.165) is 0 Å². The average molecular weight is 378 g/mol. The normalized spacial score (nSPS) is 14.1. The first-order chi connectivity index (χ1) is 11.2. The quantitative estimate of drug-likeness (QED) is 0.788. The monoisotopic (exact) mass is 377 g/mol. The summed E-state index contributed by atoms with van der Waals surface area (Å²) in [5.74, 6) is 0.0125. The van der Waals surface area contributed by atoms with E-state index in [-0.39, 0.29) is 10.8 Å². The van der Waals surface area contributed by atoms with Gasteiger partial charge in [0, 0.05) is 0 Å². The molecule has 0 bridgehead atoms. The Kier molecular flexibility index (Phi) is 5.42. The predicted molar refractivity (Wildman–Crippen MR) is 85.5 cm³/mol. The summed E-state index contributed by atoms with van der Waals surface area (Å²) in [7, 11) is 0. The van der Waals surface area contributed by atoms with E-state index in [1.165, 1.54) is 36.4 Å². The third-order valence-corrected chi connectivity index (χ3v) is 4.06. The van der Waals surface area contributed by atoms with E-state index in [9.17, 15) is 18.0 Å². The van der Waals surface area contributed by atoms with E-state index in [1.807, 2.05) is 0 Å². The lowest BCUT2D eigenvalue weighted by atomic mass is 9.85. The highest BCUT2D eigenvalue weighted by molar-refractivity contribution is 6.42. The van der Waals surface area contributed by atoms with E-state index in [1.54, 1.807) is 6.07 Å². The number of carbonyl (C=O) groups excluding carboxylic acids is 1. The van der Waals surface area contributed by atoms with Crippen LogP contribution in [0.5, 0.6) is 5.75 Å². The van der Waals surface area contributed by atoms with Gasteiger partial charge < -0.3 is 15.3 Å². The van der Waals surface area contributed by atoms with Gasteiger partial charge in [-0.3, -0.25) is 0 Å². The minimum absolute atomic E-state index is 0.0125. The predicted octanol–water partition coefficient (Wildman–Crippen LogP) is 4.34. The summed E-state index contributed by atoms with van der Waals surface area (Å²) in [4.78, 5) is 11.6. The maximum Gasteiger partial charge on any atom is 0.422 e. The minimum Gasteiger partial charge on any atom is -0.484 e. The number of carbonyl (C=O) groups is 1. The largest absolute Gasteiger partial charge is 0.484 e. The van der Waals surface area contributed by atoms with Gasteiger partial charge in [-0.2, -0.15) is 13.2 Å². The van der Waals surface area contributed by atoms with Crippen molar-refractivity contribution in [3.8, 4) is 5.75 Å². The molecule has 2 aromatic rings. The summed E-state index contributed by atoms with van der Waals surface area (Å²) >= 11 is 11.8. The standard InChI is InChI=1S/C16H12Cl2F3NO2/c17-13-6-3-11(7-14(13)18)15(22,8-23)10-1-4-12(5-2-10)24-9-16(19,20)21/h1-8H,9,22H2. The zero-order valence-electron chi connectivity index (χ0n) is 12.1. The number of halogens is 5. The van der Waals surface area contributed by atoms with Gasteiger partial charge in [0.25, 0.3) is 0 Å². The van der Waals surface area contributed by atoms with Crippen molar-refractivity contribution >= 4 is 29.5 Å². The van der Waals surface area contributed by atoms with Crippen molar-refractivity contribution in [2.24, 2.45) is 5.73 Å². The van der Waals surface area contributed by atoms with Crippen LogP contribution in [-0.4, -0.2) is 19.1 Å². The Bertz CT molecular complexity index is 735. The fourth-order valence-corrected chi connectivity index (χ4v) is 2.35. The molecule has 24 heavy (non-hydrogen) atoms. The van der Waals surface area contributed by atoms with Gasteiger partial charge in [-0.25, -0.2) is 0 Å². The third-order valence-electron chi connectivity index (χ3n) is 3.32. The van der Waals surface area contributed by atoms with E-state index >= 15 is 0 Å². The molecule has 1 atom stereocenters. The van der Waals surface area contributed by atoms with Gasteiger partial charge in [-0.05, 0) is 35.4 Å². The molecule has 0 saturated carbocycles. The van der Waals surface area contributed by atoms with E-state index in [2.05, 4.69) is 4.74 Å². The second-order valence-corrected chi connectivity index (χ2v) is 5.86. The van der Waals surface area contributed by atoms with Crippen LogP contribution in [0.1, 0.15) is 11.1 Å². The zero-order valence-corrected chi connectivity index (χ0v) is 13.6. The van der Waals surface area contributed by atoms with Crippen LogP contribution in [0.3, 0.4) is 0 Å². The SMILES string of the molecule is NC(C=O)(c1ccc(OCC(F)(F)F)cc1)c1ccc(Cl)c(Cl)c1. The Morgan fingerprint density at radius 1 is 1.00 bits per heavy atom. The molecule has 128 valence electrons. The van der Waals surface area contributed by atoms with Gasteiger partial charge in [0.05, 0.1) is 10.0 Å². The molecule has 0 fully saturated rings. The number of rotatable bonds is 5. The van der Waals surface area contributed by atoms with Crippen LogP contribution in [-0.2, 0) is 10.3 Å². The highest BCUT2D eigenvalue weighted by Crippen LogP contribution is 2.31. The number of benzene rings is 2. The minimum atomic E-state index is -4.43. The van der Waals surface area contributed by atoms with Crippen molar-refractivity contribution in [1.82, 2.24) is 0 Å². The zero-order chi connectivity index (χ0) is 18.0. The highest BCUT2D eigenvalue weighted by Gasteiger charge is 2.31. The summed E-state index contributed by atoms with van der Waals surface area (Å²) in [6.45, 7) is -1.40. The Morgan fingerprint density at radius 2 is 1.58 bits per heavy atom. The number of ether oxygens (including phenoxy) is 1. The average Bonchev–Trinajstić information content (AvgIpc) is 2.54. The molecule has 0 aliphatic carbocycles. The van der Waals surface area contributed by atoms with Crippen LogP contribution in [0.4, 0.5) is 13.2 Å². The summed E-state index contributed by atoms with van der Waals surface area (Å²) in [5, 5.41) is 0.542. The molecule has 0 aliphatic rings. The van der Waals surface area contributed by atoms with Crippen molar-refractivity contribution < 1.29 is 22.7 Å². The first-order valence-electron chi connectivity index (χ1n) is 6.66. The Labute approximate surface area is 146 Å². The smallest absolute Gasteiger partial charge is 0.422 e. The van der Waals surface area contributed by atoms with E-state index < -0.39 is 18.3 Å². The van der Waals surface area contributed by atoms with Crippen molar-refractivity contribution in [2.75, 3.05) is 6.61 Å². The maximum atomic E-state index is 12.1. The van der Waals surface area contributed by atoms with Crippen molar-refractivity contribution in [1.29, 1.82) is 0 Å². The molecule has 0 spiro atoms. The molecular weight excluding hydrogens is 366 g/mol. The molecule has 0 aliphatic heterocycles. The van der Waals surface area contributed by atoms with Crippen molar-refractivity contribution in [2.45, 2.75) is 11.7 Å². The number of nitrogens with two attached hydrogens (primary N) is 1. The first-order valence-corrected chi connectivity index (χ1v) is 7.42. The van der Waals surface area contributed by atoms with E-state index in [0.29, 0.717) is 22.4 Å². The number of aldehydes is 1. The van der Waals surface area contributed by atoms with Gasteiger partial charge in [-0.15, -0.1) is 0 Å². The van der Waals surface area contributed by atoms with Gasteiger partial charge in [0.2, 0.25) is 0 Å². The van der Waals surface area contributed by atoms with Crippen LogP contribution in [0.15, 0.2) is 42.5 Å². The fraction of sp³-hybridized carbons (Fsp3) is 0.188. The number of alkyl halides is 3. The van der Waals surface area contributed by atoms with Gasteiger partial charge in [-0.1, -0.05) is 41.4 Å². The van der Waals surface area contributed by atoms with Crippen molar-refractivity contribution in [3.63, 3.8) is 0 Å².